The summed E-state index contributed by atoms with van der Waals surface area (Å²) in [6.45, 7) is 2.17. The van der Waals surface area contributed by atoms with Crippen molar-refractivity contribution in [2.75, 3.05) is 5.43 Å². The van der Waals surface area contributed by atoms with E-state index in [1.165, 1.54) is 0 Å². The molecule has 2 aromatic heterocycles. The lowest BCUT2D eigenvalue weighted by atomic mass is 9.79. The van der Waals surface area contributed by atoms with Crippen LogP contribution in [0.25, 0.3) is 11.4 Å². The van der Waals surface area contributed by atoms with Crippen LogP contribution in [-0.2, 0) is 9.59 Å². The maximum Gasteiger partial charge on any atom is 0.264 e. The molecular weight excluding hydrogens is 396 g/mol. The first-order valence-corrected chi connectivity index (χ1v) is 10.8. The van der Waals surface area contributed by atoms with Gasteiger partial charge in [0.25, 0.3) is 5.91 Å². The third-order valence-electron chi connectivity index (χ3n) is 6.14. The van der Waals surface area contributed by atoms with Crippen molar-refractivity contribution in [3.63, 3.8) is 0 Å². The summed E-state index contributed by atoms with van der Waals surface area (Å²) in [4.78, 5) is 37.5. The van der Waals surface area contributed by atoms with Crippen molar-refractivity contribution in [1.29, 1.82) is 0 Å². The van der Waals surface area contributed by atoms with Crippen molar-refractivity contribution >= 4 is 18.3 Å². The van der Waals surface area contributed by atoms with E-state index in [-0.39, 0.29) is 18.3 Å². The van der Waals surface area contributed by atoms with E-state index in [0.717, 1.165) is 49.9 Å². The zero-order valence-electron chi connectivity index (χ0n) is 17.6. The normalized spacial score (nSPS) is 21.7. The molecule has 164 valence electrons. The highest BCUT2D eigenvalue weighted by Gasteiger charge is 2.35. The Morgan fingerprint density at radius 3 is 2.58 bits per heavy atom. The Balaban J connectivity index is 1.49. The summed E-state index contributed by atoms with van der Waals surface area (Å²) in [6, 6.07) is 6.57. The number of rotatable bonds is 8. The molecule has 0 aliphatic heterocycles. The first kappa shape index (κ1) is 21.2. The van der Waals surface area contributed by atoms with Gasteiger partial charge in [-0.05, 0) is 55.7 Å². The number of aromatic nitrogens is 3. The fraction of sp³-hybridized carbons (Fsp3) is 0.500. The molecule has 2 aliphatic rings. The molecule has 2 fully saturated rings. The van der Waals surface area contributed by atoms with Crippen LogP contribution in [0.1, 0.15) is 57.1 Å². The van der Waals surface area contributed by atoms with Crippen LogP contribution in [0.15, 0.2) is 30.5 Å². The van der Waals surface area contributed by atoms with E-state index < -0.39 is 11.9 Å². The summed E-state index contributed by atoms with van der Waals surface area (Å²) in [5, 5.41) is 10.5. The Hall–Kier alpha value is -3.07. The third-order valence-corrected chi connectivity index (χ3v) is 6.14. The number of pyridine rings is 1. The average molecular weight is 425 g/mol. The van der Waals surface area contributed by atoms with E-state index in [1.54, 1.807) is 6.20 Å². The molecule has 0 bridgehead atoms. The summed E-state index contributed by atoms with van der Waals surface area (Å²) in [7, 11) is 0. The number of nitrogens with one attached hydrogen (secondary N) is 2. The van der Waals surface area contributed by atoms with Gasteiger partial charge in [0.05, 0.1) is 11.4 Å². The molecule has 2 heterocycles. The lowest BCUT2D eigenvalue weighted by molar-refractivity contribution is -0.173. The second-order valence-electron chi connectivity index (χ2n) is 8.56. The molecule has 3 N–H and O–H groups in total. The van der Waals surface area contributed by atoms with Gasteiger partial charge in [-0.15, -0.1) is 0 Å². The Labute approximate surface area is 181 Å². The lowest BCUT2D eigenvalue weighted by Crippen LogP contribution is -2.51. The zero-order valence-corrected chi connectivity index (χ0v) is 17.6. The summed E-state index contributed by atoms with van der Waals surface area (Å²) in [5.74, 6) is 0.640. The summed E-state index contributed by atoms with van der Waals surface area (Å²) >= 11 is 0. The number of amides is 2. The lowest BCUT2D eigenvalue weighted by Gasteiger charge is -2.34. The van der Waals surface area contributed by atoms with Crippen molar-refractivity contribution < 1.29 is 14.8 Å². The Morgan fingerprint density at radius 1 is 1.16 bits per heavy atom. The number of carbonyl (C=O) groups excluding carboxylic acids is 2. The fourth-order valence-electron chi connectivity index (χ4n) is 4.16. The minimum atomic E-state index is -0.959. The van der Waals surface area contributed by atoms with Gasteiger partial charge in [0.1, 0.15) is 6.04 Å². The molecule has 0 saturated heterocycles. The predicted octanol–water partition coefficient (Wildman–Crippen LogP) is 2.90. The number of hydroxylamine groups is 2. The summed E-state index contributed by atoms with van der Waals surface area (Å²) < 4.78 is 0. The molecule has 1 atom stereocenters. The topological polar surface area (TPSA) is 120 Å². The summed E-state index contributed by atoms with van der Waals surface area (Å²) in [6.07, 6.45) is 7.63. The second kappa shape index (κ2) is 9.38. The van der Waals surface area contributed by atoms with E-state index in [0.29, 0.717) is 22.6 Å². The van der Waals surface area contributed by atoms with Crippen molar-refractivity contribution in [2.24, 2.45) is 11.8 Å². The fourth-order valence-corrected chi connectivity index (χ4v) is 4.16. The minimum Gasteiger partial charge on any atom is -0.285 e. The van der Waals surface area contributed by atoms with Crippen molar-refractivity contribution in [3.05, 3.63) is 36.2 Å². The maximum atomic E-state index is 12.9. The largest absolute Gasteiger partial charge is 0.285 e. The highest BCUT2D eigenvalue weighted by Crippen LogP contribution is 2.40. The van der Waals surface area contributed by atoms with Gasteiger partial charge < -0.3 is 0 Å². The van der Waals surface area contributed by atoms with Crippen LogP contribution < -0.4 is 10.9 Å². The van der Waals surface area contributed by atoms with Crippen LogP contribution in [-0.4, -0.2) is 43.6 Å². The molecule has 9 heteroatoms. The van der Waals surface area contributed by atoms with Gasteiger partial charge in [0, 0.05) is 17.8 Å². The van der Waals surface area contributed by atoms with E-state index >= 15 is 0 Å². The van der Waals surface area contributed by atoms with E-state index in [1.807, 2.05) is 24.3 Å². The quantitative estimate of drug-likeness (QED) is 0.338. The number of hydrogen-bond donors (Lipinski definition) is 3. The number of hydrazine groups is 1. The standard InChI is InChI=1S/C22H28N6O3/c1-14-5-7-16(8-6-14)20(28(31)13-29)21(30)26-27-22-24-18(15-9-10-15)12-19(25-22)17-4-2-3-11-23-17/h2-4,11-16,20,31H,5-10H2,1H3,(H,26,30)(H,24,25,27). The van der Waals surface area contributed by atoms with Crippen molar-refractivity contribution in [3.8, 4) is 11.4 Å². The Bertz CT molecular complexity index is 913. The second-order valence-corrected chi connectivity index (χ2v) is 8.56. The van der Waals surface area contributed by atoms with Crippen LogP contribution in [0.5, 0.6) is 0 Å². The van der Waals surface area contributed by atoms with Crippen molar-refractivity contribution in [2.45, 2.75) is 57.4 Å². The van der Waals surface area contributed by atoms with Gasteiger partial charge in [0.2, 0.25) is 12.4 Å². The number of anilines is 1. The van der Waals surface area contributed by atoms with Crippen LogP contribution >= 0.6 is 0 Å². The van der Waals surface area contributed by atoms with E-state index in [4.69, 9.17) is 0 Å². The molecule has 0 spiro atoms. The molecule has 9 nitrogen and oxygen atoms in total. The molecule has 0 radical (unpaired) electrons. The smallest absolute Gasteiger partial charge is 0.264 e. The predicted molar refractivity (Wildman–Crippen MR) is 114 cm³/mol. The zero-order chi connectivity index (χ0) is 21.8. The van der Waals surface area contributed by atoms with Gasteiger partial charge in [-0.25, -0.2) is 15.0 Å². The number of nitrogens with zero attached hydrogens (tertiary/aromatic N) is 4. The van der Waals surface area contributed by atoms with Gasteiger partial charge in [-0.3, -0.25) is 30.6 Å². The molecule has 2 saturated carbocycles. The first-order valence-electron chi connectivity index (χ1n) is 10.8. The Kier molecular flexibility index (Phi) is 6.41. The van der Waals surface area contributed by atoms with Crippen LogP contribution in [0.4, 0.5) is 5.95 Å². The molecular formula is C22H28N6O3. The molecule has 31 heavy (non-hydrogen) atoms. The number of hydrogen-bond acceptors (Lipinski definition) is 7. The van der Waals surface area contributed by atoms with E-state index in [2.05, 4.69) is 32.7 Å². The van der Waals surface area contributed by atoms with Crippen LogP contribution in [0, 0.1) is 11.8 Å². The first-order chi connectivity index (χ1) is 15.0. The highest BCUT2D eigenvalue weighted by molar-refractivity contribution is 5.84. The third kappa shape index (κ3) is 5.16. The van der Waals surface area contributed by atoms with Gasteiger partial charge in [-0.1, -0.05) is 25.8 Å². The molecule has 2 aliphatic carbocycles. The monoisotopic (exact) mass is 424 g/mol. The van der Waals surface area contributed by atoms with Gasteiger partial charge in [0.15, 0.2) is 0 Å². The number of carbonyl (C=O) groups is 2. The van der Waals surface area contributed by atoms with Crippen molar-refractivity contribution in [1.82, 2.24) is 25.4 Å². The molecule has 1 unspecified atom stereocenters. The van der Waals surface area contributed by atoms with Gasteiger partial charge >= 0.3 is 0 Å². The average Bonchev–Trinajstić information content (AvgIpc) is 3.65. The SMILES string of the molecule is CC1CCC(C(C(=O)NNc2nc(-c3ccccn3)cc(C3CC3)n2)N(O)C=O)CC1. The summed E-state index contributed by atoms with van der Waals surface area (Å²) in [5.41, 5.74) is 7.67. The van der Waals surface area contributed by atoms with Gasteiger partial charge in [-0.2, -0.15) is 0 Å². The maximum absolute atomic E-state index is 12.9. The molecule has 4 rings (SSSR count). The highest BCUT2D eigenvalue weighted by atomic mass is 16.5. The van der Waals surface area contributed by atoms with Crippen LogP contribution in [0.2, 0.25) is 0 Å². The molecule has 0 aromatic carbocycles. The Morgan fingerprint density at radius 2 is 1.94 bits per heavy atom. The molecule has 2 aromatic rings. The van der Waals surface area contributed by atoms with Crippen LogP contribution in [0.3, 0.4) is 0 Å². The van der Waals surface area contributed by atoms with E-state index in [9.17, 15) is 14.8 Å². The minimum absolute atomic E-state index is 0.101. The molecule has 2 amide bonds.